The smallest absolute Gasteiger partial charge is 0.279 e. The van der Waals surface area contributed by atoms with Crippen molar-refractivity contribution in [3.8, 4) is 11.5 Å². The number of thiazole rings is 1. The van der Waals surface area contributed by atoms with E-state index >= 15 is 0 Å². The summed E-state index contributed by atoms with van der Waals surface area (Å²) < 4.78 is 18.8. The first-order valence-corrected chi connectivity index (χ1v) is 9.29. The molecular formula is C20H22N2O4S. The van der Waals surface area contributed by atoms with E-state index in [1.165, 1.54) is 24.0 Å². The molecule has 3 rings (SSSR count). The lowest BCUT2D eigenvalue weighted by molar-refractivity contribution is 0.0997. The molecule has 0 N–H and O–H groups in total. The van der Waals surface area contributed by atoms with Crippen molar-refractivity contribution in [2.75, 3.05) is 27.9 Å². The van der Waals surface area contributed by atoms with Crippen LogP contribution in [0.2, 0.25) is 0 Å². The number of amides is 1. The lowest BCUT2D eigenvalue weighted by Gasteiger charge is -2.08. The number of methoxy groups -OCH3 is 3. The Hall–Kier alpha value is -2.64. The Labute approximate surface area is 161 Å². The number of hydrogen-bond acceptors (Lipinski definition) is 5. The number of aryl methyl sites for hydroxylation is 1. The molecule has 0 aliphatic rings. The zero-order valence-electron chi connectivity index (χ0n) is 15.8. The Balaban J connectivity index is 2.07. The maximum Gasteiger partial charge on any atom is 0.279 e. The molecule has 0 aliphatic carbocycles. The maximum absolute atomic E-state index is 12.8. The van der Waals surface area contributed by atoms with Crippen molar-refractivity contribution in [2.45, 2.75) is 13.5 Å². The van der Waals surface area contributed by atoms with Crippen molar-refractivity contribution in [1.82, 2.24) is 4.57 Å². The van der Waals surface area contributed by atoms with Gasteiger partial charge in [-0.15, -0.1) is 0 Å². The molecule has 7 heteroatoms. The van der Waals surface area contributed by atoms with Gasteiger partial charge in [0.1, 0.15) is 0 Å². The summed E-state index contributed by atoms with van der Waals surface area (Å²) >= 11 is 1.49. The molecule has 0 spiro atoms. The molecule has 142 valence electrons. The van der Waals surface area contributed by atoms with Crippen LogP contribution in [0.4, 0.5) is 0 Å². The predicted octanol–water partition coefficient (Wildman–Crippen LogP) is 3.42. The van der Waals surface area contributed by atoms with Gasteiger partial charge in [0.15, 0.2) is 16.3 Å². The van der Waals surface area contributed by atoms with Gasteiger partial charge < -0.3 is 18.8 Å². The van der Waals surface area contributed by atoms with E-state index in [1.54, 1.807) is 32.4 Å². The number of rotatable bonds is 6. The molecule has 1 aromatic heterocycles. The molecule has 0 unspecified atom stereocenters. The first-order chi connectivity index (χ1) is 13.1. The standard InChI is InChI=1S/C20H22N2O4S/c1-13-5-7-15-18(11-13)27-20(22(15)9-10-24-2)21-19(23)14-6-8-16(25-3)17(12-14)26-4/h5-8,11-12H,9-10H2,1-4H3. The van der Waals surface area contributed by atoms with E-state index in [0.29, 0.717) is 35.0 Å². The highest BCUT2D eigenvalue weighted by atomic mass is 32.1. The van der Waals surface area contributed by atoms with Gasteiger partial charge in [-0.1, -0.05) is 17.4 Å². The minimum absolute atomic E-state index is 0.328. The number of aromatic nitrogens is 1. The van der Waals surface area contributed by atoms with Crippen LogP contribution in [0, 0.1) is 6.92 Å². The second kappa shape index (κ2) is 8.37. The van der Waals surface area contributed by atoms with Crippen LogP contribution in [0.15, 0.2) is 41.4 Å². The molecule has 2 aromatic carbocycles. The molecule has 0 aliphatic heterocycles. The summed E-state index contributed by atoms with van der Waals surface area (Å²) in [6.07, 6.45) is 0. The second-order valence-corrected chi connectivity index (χ2v) is 7.00. The van der Waals surface area contributed by atoms with Crippen molar-refractivity contribution in [3.05, 3.63) is 52.3 Å². The molecule has 0 atom stereocenters. The van der Waals surface area contributed by atoms with E-state index in [1.807, 2.05) is 11.5 Å². The average molecular weight is 386 g/mol. The number of fused-ring (bicyclic) bond motifs is 1. The van der Waals surface area contributed by atoms with Gasteiger partial charge in [-0.2, -0.15) is 4.99 Å². The summed E-state index contributed by atoms with van der Waals surface area (Å²) in [7, 11) is 4.75. The summed E-state index contributed by atoms with van der Waals surface area (Å²) in [6.45, 7) is 3.21. The van der Waals surface area contributed by atoms with Gasteiger partial charge in [0.25, 0.3) is 5.91 Å². The van der Waals surface area contributed by atoms with Crippen LogP contribution < -0.4 is 14.3 Å². The van der Waals surface area contributed by atoms with E-state index in [-0.39, 0.29) is 5.91 Å². The Morgan fingerprint density at radius 1 is 1.07 bits per heavy atom. The van der Waals surface area contributed by atoms with Crippen LogP contribution in [-0.2, 0) is 11.3 Å². The summed E-state index contributed by atoms with van der Waals surface area (Å²) in [5, 5.41) is 0. The Morgan fingerprint density at radius 2 is 1.85 bits per heavy atom. The van der Waals surface area contributed by atoms with Crippen molar-refractivity contribution in [1.29, 1.82) is 0 Å². The van der Waals surface area contributed by atoms with Crippen molar-refractivity contribution in [3.63, 3.8) is 0 Å². The predicted molar refractivity (Wildman–Crippen MR) is 106 cm³/mol. The molecule has 0 radical (unpaired) electrons. The normalized spacial score (nSPS) is 11.8. The fourth-order valence-electron chi connectivity index (χ4n) is 2.79. The number of carbonyl (C=O) groups excluding carboxylic acids is 1. The van der Waals surface area contributed by atoms with Crippen molar-refractivity contribution in [2.24, 2.45) is 4.99 Å². The Bertz CT molecular complexity index is 1040. The lowest BCUT2D eigenvalue weighted by atomic mass is 10.2. The molecule has 0 saturated carbocycles. The van der Waals surface area contributed by atoms with Gasteiger partial charge in [0.05, 0.1) is 31.0 Å². The third-order valence-corrected chi connectivity index (χ3v) is 5.23. The number of nitrogens with zero attached hydrogens (tertiary/aromatic N) is 2. The monoisotopic (exact) mass is 386 g/mol. The Morgan fingerprint density at radius 3 is 2.56 bits per heavy atom. The van der Waals surface area contributed by atoms with Crippen LogP contribution in [0.5, 0.6) is 11.5 Å². The molecule has 27 heavy (non-hydrogen) atoms. The van der Waals surface area contributed by atoms with E-state index in [0.717, 1.165) is 10.2 Å². The molecular weight excluding hydrogens is 364 g/mol. The van der Waals surface area contributed by atoms with Crippen LogP contribution in [0.3, 0.4) is 0 Å². The summed E-state index contributed by atoms with van der Waals surface area (Å²) in [5.41, 5.74) is 2.65. The quantitative estimate of drug-likeness (QED) is 0.651. The van der Waals surface area contributed by atoms with Gasteiger partial charge in [0, 0.05) is 19.2 Å². The number of ether oxygens (including phenoxy) is 3. The highest BCUT2D eigenvalue weighted by Crippen LogP contribution is 2.28. The maximum atomic E-state index is 12.8. The SMILES string of the molecule is COCCn1c(=NC(=O)c2ccc(OC)c(OC)c2)sc2cc(C)ccc21. The molecule has 0 bridgehead atoms. The zero-order chi connectivity index (χ0) is 19.4. The molecule has 3 aromatic rings. The summed E-state index contributed by atoms with van der Waals surface area (Å²) in [6, 6.07) is 11.2. The van der Waals surface area contributed by atoms with E-state index in [9.17, 15) is 4.79 Å². The molecule has 1 amide bonds. The van der Waals surface area contributed by atoms with Gasteiger partial charge in [-0.05, 0) is 42.8 Å². The zero-order valence-corrected chi connectivity index (χ0v) is 16.6. The minimum atomic E-state index is -0.328. The number of benzene rings is 2. The summed E-state index contributed by atoms with van der Waals surface area (Å²) in [4.78, 5) is 17.8. The lowest BCUT2D eigenvalue weighted by Crippen LogP contribution is -2.19. The fourth-order valence-corrected chi connectivity index (χ4v) is 3.94. The highest BCUT2D eigenvalue weighted by Gasteiger charge is 2.12. The Kier molecular flexibility index (Phi) is 5.93. The largest absolute Gasteiger partial charge is 0.493 e. The summed E-state index contributed by atoms with van der Waals surface area (Å²) in [5.74, 6) is 0.740. The number of hydrogen-bond donors (Lipinski definition) is 0. The van der Waals surface area contributed by atoms with Crippen LogP contribution in [-0.4, -0.2) is 38.4 Å². The van der Waals surface area contributed by atoms with E-state index < -0.39 is 0 Å². The average Bonchev–Trinajstić information content (AvgIpc) is 3.01. The van der Waals surface area contributed by atoms with Gasteiger partial charge in [0.2, 0.25) is 0 Å². The molecule has 1 heterocycles. The molecule has 6 nitrogen and oxygen atoms in total. The van der Waals surface area contributed by atoms with Gasteiger partial charge >= 0.3 is 0 Å². The van der Waals surface area contributed by atoms with Crippen molar-refractivity contribution < 1.29 is 19.0 Å². The van der Waals surface area contributed by atoms with Crippen LogP contribution in [0.1, 0.15) is 15.9 Å². The third kappa shape index (κ3) is 4.04. The second-order valence-electron chi connectivity index (χ2n) is 5.99. The van der Waals surface area contributed by atoms with Crippen LogP contribution in [0.25, 0.3) is 10.2 Å². The fraction of sp³-hybridized carbons (Fsp3) is 0.300. The highest BCUT2D eigenvalue weighted by molar-refractivity contribution is 7.16. The topological polar surface area (TPSA) is 62.1 Å². The van der Waals surface area contributed by atoms with Crippen molar-refractivity contribution >= 4 is 27.5 Å². The van der Waals surface area contributed by atoms with E-state index in [4.69, 9.17) is 14.2 Å². The molecule has 0 saturated heterocycles. The minimum Gasteiger partial charge on any atom is -0.493 e. The van der Waals surface area contributed by atoms with Gasteiger partial charge in [-0.3, -0.25) is 4.79 Å². The third-order valence-electron chi connectivity index (χ3n) is 4.18. The van der Waals surface area contributed by atoms with Gasteiger partial charge in [-0.25, -0.2) is 0 Å². The van der Waals surface area contributed by atoms with Crippen LogP contribution >= 0.6 is 11.3 Å². The first-order valence-electron chi connectivity index (χ1n) is 8.47. The first kappa shape index (κ1) is 19.1. The number of carbonyl (C=O) groups is 1. The van der Waals surface area contributed by atoms with E-state index in [2.05, 4.69) is 23.2 Å². The molecule has 0 fully saturated rings.